The Morgan fingerprint density at radius 1 is 1.29 bits per heavy atom. The molecule has 1 aromatic carbocycles. The van der Waals surface area contributed by atoms with Crippen LogP contribution >= 0.6 is 0 Å². The summed E-state index contributed by atoms with van der Waals surface area (Å²) in [5, 5.41) is 9.92. The number of piperidine rings is 1. The number of aliphatic hydroxyl groups excluding tert-OH is 1. The topological polar surface area (TPSA) is 41.9 Å². The van der Waals surface area contributed by atoms with Gasteiger partial charge in [-0.3, -0.25) is 4.90 Å². The van der Waals surface area contributed by atoms with Gasteiger partial charge in [0.05, 0.1) is 13.2 Å². The fraction of sp³-hybridized carbons (Fsp3) is 0.647. The van der Waals surface area contributed by atoms with Crippen molar-refractivity contribution in [1.82, 2.24) is 4.90 Å². The van der Waals surface area contributed by atoms with E-state index in [0.717, 1.165) is 31.4 Å². The lowest BCUT2D eigenvalue weighted by Crippen LogP contribution is -2.45. The minimum absolute atomic E-state index is 0.0734. The molecule has 2 rings (SSSR count). The molecule has 0 spiro atoms. The highest BCUT2D eigenvalue weighted by Crippen LogP contribution is 2.31. The maximum atomic E-state index is 12.3. The van der Waals surface area contributed by atoms with Crippen molar-refractivity contribution in [2.24, 2.45) is 0 Å². The average Bonchev–Trinajstić information content (AvgIpc) is 2.53. The van der Waals surface area contributed by atoms with Crippen LogP contribution in [0.4, 0.5) is 13.2 Å². The van der Waals surface area contributed by atoms with Gasteiger partial charge in [0.1, 0.15) is 0 Å². The second-order valence-electron chi connectivity index (χ2n) is 6.16. The van der Waals surface area contributed by atoms with E-state index in [2.05, 4.69) is 4.90 Å². The number of hydrogen-bond acceptors (Lipinski definition) is 4. The normalized spacial score (nSPS) is 20.7. The maximum Gasteiger partial charge on any atom is 0.422 e. The number of alkyl halides is 3. The van der Waals surface area contributed by atoms with Crippen LogP contribution in [0, 0.1) is 0 Å². The number of nitrogens with zero attached hydrogens (tertiary/aromatic N) is 1. The Labute approximate surface area is 140 Å². The van der Waals surface area contributed by atoms with Crippen LogP contribution in [0.25, 0.3) is 0 Å². The Hall–Kier alpha value is -1.47. The average molecular weight is 347 g/mol. The molecule has 1 heterocycles. The summed E-state index contributed by atoms with van der Waals surface area (Å²) in [6.07, 6.45) is -1.68. The summed E-state index contributed by atoms with van der Waals surface area (Å²) in [5.74, 6) is 0.353. The number of benzene rings is 1. The summed E-state index contributed by atoms with van der Waals surface area (Å²) in [6.45, 7) is 1.95. The number of methoxy groups -OCH3 is 1. The molecule has 0 aliphatic carbocycles. The van der Waals surface area contributed by atoms with Crippen molar-refractivity contribution in [3.05, 3.63) is 23.8 Å². The molecule has 0 amide bonds. The van der Waals surface area contributed by atoms with Crippen LogP contribution in [0.1, 0.15) is 31.7 Å². The van der Waals surface area contributed by atoms with Crippen LogP contribution in [-0.4, -0.2) is 48.6 Å². The van der Waals surface area contributed by atoms with E-state index < -0.39 is 18.9 Å². The molecule has 0 bridgehead atoms. The van der Waals surface area contributed by atoms with E-state index in [4.69, 9.17) is 9.47 Å². The van der Waals surface area contributed by atoms with Gasteiger partial charge in [-0.2, -0.15) is 13.2 Å². The van der Waals surface area contributed by atoms with Crippen molar-refractivity contribution < 1.29 is 27.8 Å². The fourth-order valence-electron chi connectivity index (χ4n) is 3.08. The molecule has 1 fully saturated rings. The lowest BCUT2D eigenvalue weighted by molar-refractivity contribution is -0.153. The summed E-state index contributed by atoms with van der Waals surface area (Å²) in [5.41, 5.74) is 0.916. The van der Waals surface area contributed by atoms with Crippen molar-refractivity contribution in [2.45, 2.75) is 51.1 Å². The SMILES string of the molecule is COc1cc(CN2CCCCC2C(C)O)ccc1OCC(F)(F)F. The molecular formula is C17H24F3NO3. The van der Waals surface area contributed by atoms with Crippen LogP contribution in [0.3, 0.4) is 0 Å². The number of hydrogen-bond donors (Lipinski definition) is 1. The zero-order valence-corrected chi connectivity index (χ0v) is 14.0. The molecule has 1 aromatic rings. The summed E-state index contributed by atoms with van der Waals surface area (Å²) in [7, 11) is 1.40. The summed E-state index contributed by atoms with van der Waals surface area (Å²) < 4.78 is 46.8. The highest BCUT2D eigenvalue weighted by Gasteiger charge is 2.29. The van der Waals surface area contributed by atoms with Gasteiger partial charge in [-0.25, -0.2) is 0 Å². The molecule has 7 heteroatoms. The highest BCUT2D eigenvalue weighted by molar-refractivity contribution is 5.43. The number of halogens is 3. The lowest BCUT2D eigenvalue weighted by atomic mass is 9.97. The highest BCUT2D eigenvalue weighted by atomic mass is 19.4. The number of likely N-dealkylation sites (tertiary alicyclic amines) is 1. The van der Waals surface area contributed by atoms with E-state index in [1.807, 2.05) is 0 Å². The maximum absolute atomic E-state index is 12.3. The van der Waals surface area contributed by atoms with Gasteiger partial charge in [0.15, 0.2) is 18.1 Å². The van der Waals surface area contributed by atoms with E-state index in [1.165, 1.54) is 13.2 Å². The van der Waals surface area contributed by atoms with Crippen molar-refractivity contribution >= 4 is 0 Å². The minimum Gasteiger partial charge on any atom is -0.493 e. The third kappa shape index (κ3) is 5.27. The summed E-state index contributed by atoms with van der Waals surface area (Å²) >= 11 is 0. The predicted octanol–water partition coefficient (Wildman–Crippen LogP) is 3.37. The second-order valence-corrected chi connectivity index (χ2v) is 6.16. The van der Waals surface area contributed by atoms with E-state index in [9.17, 15) is 18.3 Å². The van der Waals surface area contributed by atoms with E-state index in [-0.39, 0.29) is 17.5 Å². The predicted molar refractivity (Wildman–Crippen MR) is 84.3 cm³/mol. The van der Waals surface area contributed by atoms with Gasteiger partial charge in [0, 0.05) is 12.6 Å². The Morgan fingerprint density at radius 2 is 2.04 bits per heavy atom. The molecule has 1 aliphatic rings. The molecule has 2 atom stereocenters. The van der Waals surface area contributed by atoms with E-state index in [0.29, 0.717) is 6.54 Å². The number of rotatable bonds is 6. The summed E-state index contributed by atoms with van der Waals surface area (Å²) in [4.78, 5) is 2.21. The molecule has 0 radical (unpaired) electrons. The second kappa shape index (κ2) is 8.07. The van der Waals surface area contributed by atoms with Crippen molar-refractivity contribution in [1.29, 1.82) is 0 Å². The van der Waals surface area contributed by atoms with Gasteiger partial charge >= 0.3 is 6.18 Å². The standard InChI is InChI=1S/C17H24F3NO3/c1-12(22)14-5-3-4-8-21(14)10-13-6-7-15(16(9-13)23-2)24-11-17(18,19)20/h6-7,9,12,14,22H,3-5,8,10-11H2,1-2H3. The molecule has 0 aromatic heterocycles. The first kappa shape index (κ1) is 18.9. The van der Waals surface area contributed by atoms with Gasteiger partial charge in [0.2, 0.25) is 0 Å². The number of ether oxygens (including phenoxy) is 2. The zero-order valence-electron chi connectivity index (χ0n) is 14.0. The minimum atomic E-state index is -4.39. The first-order chi connectivity index (χ1) is 11.3. The molecule has 2 unspecified atom stereocenters. The first-order valence-corrected chi connectivity index (χ1v) is 8.09. The number of aliphatic hydroxyl groups is 1. The largest absolute Gasteiger partial charge is 0.493 e. The van der Waals surface area contributed by atoms with Gasteiger partial charge in [-0.05, 0) is 44.0 Å². The summed E-state index contributed by atoms with van der Waals surface area (Å²) in [6, 6.07) is 5.04. The molecule has 0 saturated carbocycles. The molecule has 4 nitrogen and oxygen atoms in total. The molecule has 1 saturated heterocycles. The van der Waals surface area contributed by atoms with Gasteiger partial charge in [0.25, 0.3) is 0 Å². The molecular weight excluding hydrogens is 323 g/mol. The van der Waals surface area contributed by atoms with Crippen LogP contribution < -0.4 is 9.47 Å². The molecule has 136 valence electrons. The van der Waals surface area contributed by atoms with Crippen LogP contribution in [0.2, 0.25) is 0 Å². The lowest BCUT2D eigenvalue weighted by Gasteiger charge is -2.37. The van der Waals surface area contributed by atoms with E-state index >= 15 is 0 Å². The molecule has 24 heavy (non-hydrogen) atoms. The molecule has 1 aliphatic heterocycles. The quantitative estimate of drug-likeness (QED) is 0.857. The van der Waals surface area contributed by atoms with E-state index in [1.54, 1.807) is 19.1 Å². The van der Waals surface area contributed by atoms with Crippen molar-refractivity contribution in [3.8, 4) is 11.5 Å². The van der Waals surface area contributed by atoms with Crippen molar-refractivity contribution in [2.75, 3.05) is 20.3 Å². The Balaban J connectivity index is 2.08. The Morgan fingerprint density at radius 3 is 2.67 bits per heavy atom. The van der Waals surface area contributed by atoms with Crippen molar-refractivity contribution in [3.63, 3.8) is 0 Å². The third-order valence-corrected chi connectivity index (χ3v) is 4.23. The van der Waals surface area contributed by atoms with Crippen LogP contribution in [0.15, 0.2) is 18.2 Å². The van der Waals surface area contributed by atoms with Gasteiger partial charge in [-0.1, -0.05) is 12.5 Å². The Bertz CT molecular complexity index is 534. The van der Waals surface area contributed by atoms with Crippen LogP contribution in [0.5, 0.6) is 11.5 Å². The van der Waals surface area contributed by atoms with Gasteiger partial charge in [-0.15, -0.1) is 0 Å². The first-order valence-electron chi connectivity index (χ1n) is 8.09. The van der Waals surface area contributed by atoms with Gasteiger partial charge < -0.3 is 14.6 Å². The Kier molecular flexibility index (Phi) is 6.34. The monoisotopic (exact) mass is 347 g/mol. The van der Waals surface area contributed by atoms with Crippen LogP contribution in [-0.2, 0) is 6.54 Å². The smallest absolute Gasteiger partial charge is 0.422 e. The molecule has 1 N–H and O–H groups in total. The fourth-order valence-corrected chi connectivity index (χ4v) is 3.08. The zero-order chi connectivity index (χ0) is 17.7. The third-order valence-electron chi connectivity index (χ3n) is 4.23.